The molecule has 2 aromatic heterocycles. The summed E-state index contributed by atoms with van der Waals surface area (Å²) in [6, 6.07) is 4.70. The fourth-order valence-corrected chi connectivity index (χ4v) is 7.78. The third kappa shape index (κ3) is 3.92. The highest BCUT2D eigenvalue weighted by Gasteiger charge is 2.37. The molecule has 2 aliphatic rings. The fraction of sp³-hybridized carbons (Fsp3) is 0.345. The summed E-state index contributed by atoms with van der Waals surface area (Å²) in [5.41, 5.74) is 8.39. The minimum absolute atomic E-state index is 0.0347. The van der Waals surface area contributed by atoms with Crippen molar-refractivity contribution in [2.75, 3.05) is 24.7 Å². The Hall–Kier alpha value is -3.19. The summed E-state index contributed by atoms with van der Waals surface area (Å²) >= 11 is 14.0. The Kier molecular flexibility index (Phi) is 6.76. The van der Waals surface area contributed by atoms with Gasteiger partial charge in [0.15, 0.2) is 5.82 Å². The standard InChI is InChI=1S/C29H25Cl2F2N5OS/c1-3-20-29(39)38-12-15(14-6-7-37(11-14)13(2)9-30)8-17-23(31)22(24(33)25(36-20)26(17)38)16-4-5-19(32)27-21(16)18(10-34)28(35)40-27/h4-5,14-15H,2-3,6-9,11-12,35H2,1H3. The van der Waals surface area contributed by atoms with E-state index in [9.17, 15) is 14.4 Å². The predicted octanol–water partition coefficient (Wildman–Crippen LogP) is 6.47. The maximum absolute atomic E-state index is 16.5. The number of aromatic nitrogens is 2. The smallest absolute Gasteiger partial charge is 0.272 e. The van der Waals surface area contributed by atoms with Crippen molar-refractivity contribution in [2.45, 2.75) is 32.7 Å². The van der Waals surface area contributed by atoms with Crippen LogP contribution in [-0.2, 0) is 19.4 Å². The van der Waals surface area contributed by atoms with Crippen LogP contribution in [0.5, 0.6) is 0 Å². The molecule has 0 saturated carbocycles. The number of alkyl halides is 1. The minimum atomic E-state index is -0.710. The lowest BCUT2D eigenvalue weighted by molar-refractivity contribution is 0.281. The quantitative estimate of drug-likeness (QED) is 0.265. The number of rotatable bonds is 5. The van der Waals surface area contributed by atoms with Gasteiger partial charge in [0.1, 0.15) is 28.1 Å². The number of nitriles is 1. The molecular weight excluding hydrogens is 575 g/mol. The van der Waals surface area contributed by atoms with Gasteiger partial charge in [0.25, 0.3) is 5.56 Å². The molecule has 4 heterocycles. The van der Waals surface area contributed by atoms with Crippen molar-refractivity contribution in [3.8, 4) is 17.2 Å². The molecule has 0 radical (unpaired) electrons. The monoisotopic (exact) mass is 599 g/mol. The number of nitrogens with zero attached hydrogens (tertiary/aromatic N) is 4. The van der Waals surface area contributed by atoms with E-state index in [1.807, 2.05) is 13.0 Å². The summed E-state index contributed by atoms with van der Waals surface area (Å²) < 4.78 is 33.1. The van der Waals surface area contributed by atoms with E-state index < -0.39 is 11.6 Å². The molecule has 1 saturated heterocycles. The van der Waals surface area contributed by atoms with Gasteiger partial charge in [-0.05, 0) is 48.3 Å². The zero-order valence-corrected chi connectivity index (χ0v) is 24.0. The van der Waals surface area contributed by atoms with Crippen molar-refractivity contribution in [1.82, 2.24) is 14.5 Å². The van der Waals surface area contributed by atoms with Gasteiger partial charge in [0.2, 0.25) is 0 Å². The number of anilines is 1. The summed E-state index contributed by atoms with van der Waals surface area (Å²) in [5.74, 6) is -0.609. The number of thiophene rings is 1. The van der Waals surface area contributed by atoms with Gasteiger partial charge in [-0.25, -0.2) is 13.8 Å². The summed E-state index contributed by atoms with van der Waals surface area (Å²) in [6.07, 6.45) is 1.76. The van der Waals surface area contributed by atoms with Crippen LogP contribution in [0.4, 0.5) is 13.8 Å². The number of hydrogen-bond donors (Lipinski definition) is 1. The van der Waals surface area contributed by atoms with Gasteiger partial charge in [-0.15, -0.1) is 22.9 Å². The Morgan fingerprint density at radius 1 is 1.32 bits per heavy atom. The Labute approximate surface area is 243 Å². The van der Waals surface area contributed by atoms with Gasteiger partial charge in [-0.1, -0.05) is 31.2 Å². The molecule has 2 aliphatic heterocycles. The SMILES string of the molecule is C=C(CCl)N1CCC(C2Cc3c(Cl)c(-c4ccc(F)c5sc(N)c(C#N)c45)c(F)c4nc(CC)c(=O)n(c34)C2)C1. The van der Waals surface area contributed by atoms with Crippen LogP contribution in [0.1, 0.15) is 30.2 Å². The Morgan fingerprint density at radius 3 is 2.80 bits per heavy atom. The first kappa shape index (κ1) is 27.0. The van der Waals surface area contributed by atoms with Crippen LogP contribution in [0.2, 0.25) is 5.02 Å². The van der Waals surface area contributed by atoms with E-state index in [-0.39, 0.29) is 65.4 Å². The zero-order chi connectivity index (χ0) is 28.5. The molecule has 206 valence electrons. The number of allylic oxidation sites excluding steroid dienone is 1. The van der Waals surface area contributed by atoms with Crippen molar-refractivity contribution in [3.63, 3.8) is 0 Å². The lowest BCUT2D eigenvalue weighted by atomic mass is 9.82. The highest BCUT2D eigenvalue weighted by molar-refractivity contribution is 7.23. The molecule has 4 aromatic rings. The molecule has 0 spiro atoms. The third-order valence-electron chi connectivity index (χ3n) is 8.34. The molecule has 2 unspecified atom stereocenters. The van der Waals surface area contributed by atoms with Crippen molar-refractivity contribution in [1.29, 1.82) is 5.26 Å². The van der Waals surface area contributed by atoms with Crippen molar-refractivity contribution < 1.29 is 8.78 Å². The van der Waals surface area contributed by atoms with Gasteiger partial charge < -0.3 is 15.2 Å². The second-order valence-corrected chi connectivity index (χ2v) is 12.1. The number of fused-ring (bicyclic) bond motifs is 1. The number of nitrogen functional groups attached to an aromatic ring is 1. The number of hydrogen-bond acceptors (Lipinski definition) is 6. The minimum Gasteiger partial charge on any atom is -0.389 e. The largest absolute Gasteiger partial charge is 0.389 e. The fourth-order valence-electron chi connectivity index (χ4n) is 6.31. The number of aryl methyl sites for hydroxylation is 1. The van der Waals surface area contributed by atoms with Gasteiger partial charge >= 0.3 is 0 Å². The number of benzene rings is 2. The van der Waals surface area contributed by atoms with E-state index in [1.165, 1.54) is 12.1 Å². The van der Waals surface area contributed by atoms with Crippen molar-refractivity contribution in [2.24, 2.45) is 11.8 Å². The van der Waals surface area contributed by atoms with Crippen molar-refractivity contribution >= 4 is 60.7 Å². The van der Waals surface area contributed by atoms with Gasteiger partial charge in [-0.2, -0.15) is 5.26 Å². The van der Waals surface area contributed by atoms with E-state index in [0.29, 0.717) is 36.3 Å². The molecular formula is C29H25Cl2F2N5OS. The van der Waals surface area contributed by atoms with E-state index >= 15 is 4.39 Å². The molecule has 2 N–H and O–H groups in total. The zero-order valence-electron chi connectivity index (χ0n) is 21.7. The van der Waals surface area contributed by atoms with E-state index in [4.69, 9.17) is 28.9 Å². The van der Waals surface area contributed by atoms with Crippen LogP contribution in [0, 0.1) is 34.8 Å². The Bertz CT molecular complexity index is 1840. The molecule has 2 aromatic carbocycles. The van der Waals surface area contributed by atoms with Crippen molar-refractivity contribution in [3.05, 3.63) is 68.2 Å². The van der Waals surface area contributed by atoms with Crippen LogP contribution < -0.4 is 11.3 Å². The van der Waals surface area contributed by atoms with E-state index in [2.05, 4.69) is 16.5 Å². The average molecular weight is 601 g/mol. The summed E-state index contributed by atoms with van der Waals surface area (Å²) in [4.78, 5) is 20.1. The highest BCUT2D eigenvalue weighted by atomic mass is 35.5. The highest BCUT2D eigenvalue weighted by Crippen LogP contribution is 2.47. The maximum atomic E-state index is 16.5. The lowest BCUT2D eigenvalue weighted by Gasteiger charge is -2.32. The molecule has 1 fully saturated rings. The number of likely N-dealkylation sites (tertiary alicyclic amines) is 1. The average Bonchev–Trinajstić information content (AvgIpc) is 3.58. The van der Waals surface area contributed by atoms with Gasteiger partial charge in [0.05, 0.1) is 26.7 Å². The van der Waals surface area contributed by atoms with Crippen LogP contribution in [-0.4, -0.2) is 33.4 Å². The number of nitrogens with two attached hydrogens (primary N) is 1. The summed E-state index contributed by atoms with van der Waals surface area (Å²) in [6.45, 7) is 7.89. The molecule has 0 aliphatic carbocycles. The van der Waals surface area contributed by atoms with Gasteiger partial charge in [-0.3, -0.25) is 4.79 Å². The molecule has 6 rings (SSSR count). The topological polar surface area (TPSA) is 87.9 Å². The van der Waals surface area contributed by atoms with Crippen LogP contribution >= 0.6 is 34.5 Å². The molecule has 11 heteroatoms. The summed E-state index contributed by atoms with van der Waals surface area (Å²) in [7, 11) is 0. The normalized spacial score (nSPS) is 18.6. The van der Waals surface area contributed by atoms with Crippen LogP contribution in [0.3, 0.4) is 0 Å². The molecule has 0 amide bonds. The van der Waals surface area contributed by atoms with Gasteiger partial charge in [0, 0.05) is 36.3 Å². The third-order valence-corrected chi connectivity index (χ3v) is 10.1. The molecule has 0 bridgehead atoms. The first-order valence-electron chi connectivity index (χ1n) is 13.0. The molecule has 40 heavy (non-hydrogen) atoms. The first-order chi connectivity index (χ1) is 19.2. The second-order valence-electron chi connectivity index (χ2n) is 10.4. The molecule has 6 nitrogen and oxygen atoms in total. The Balaban J connectivity index is 1.61. The summed E-state index contributed by atoms with van der Waals surface area (Å²) in [5, 5.41) is 10.3. The predicted molar refractivity (Wildman–Crippen MR) is 157 cm³/mol. The second kappa shape index (κ2) is 10.0. The molecule has 2 atom stereocenters. The first-order valence-corrected chi connectivity index (χ1v) is 14.8. The Morgan fingerprint density at radius 2 is 2.10 bits per heavy atom. The van der Waals surface area contributed by atoms with E-state index in [0.717, 1.165) is 36.5 Å². The maximum Gasteiger partial charge on any atom is 0.272 e. The van der Waals surface area contributed by atoms with Crippen LogP contribution in [0.15, 0.2) is 29.2 Å². The lowest BCUT2D eigenvalue weighted by Crippen LogP contribution is -2.36. The number of halogens is 4. The van der Waals surface area contributed by atoms with Crippen LogP contribution in [0.25, 0.3) is 32.2 Å². The van der Waals surface area contributed by atoms with E-state index in [1.54, 1.807) is 4.57 Å².